The lowest BCUT2D eigenvalue weighted by Gasteiger charge is -2.26. The monoisotopic (exact) mass is 282 g/mol. The Morgan fingerprint density at radius 3 is 2.45 bits per heavy atom. The first-order chi connectivity index (χ1) is 9.77. The van der Waals surface area contributed by atoms with Crippen LogP contribution < -0.4 is 5.19 Å². The Hall–Kier alpha value is -1.64. The van der Waals surface area contributed by atoms with Crippen LogP contribution in [0.2, 0.25) is 0 Å². The number of hydrogen-bond acceptors (Lipinski definition) is 1. The van der Waals surface area contributed by atoms with E-state index in [1.807, 2.05) is 11.4 Å². The van der Waals surface area contributed by atoms with E-state index in [1.165, 1.54) is 16.0 Å². The molecule has 0 aliphatic heterocycles. The van der Waals surface area contributed by atoms with Gasteiger partial charge in [0.05, 0.1) is 0 Å². The fourth-order valence-electron chi connectivity index (χ4n) is 2.45. The number of benzene rings is 2. The van der Waals surface area contributed by atoms with Crippen LogP contribution in [0.25, 0.3) is 10.8 Å². The lowest BCUT2D eigenvalue weighted by Crippen LogP contribution is -2.48. The molecule has 0 spiro atoms. The molecule has 2 heteroatoms. The Morgan fingerprint density at radius 1 is 1.05 bits per heavy atom. The van der Waals surface area contributed by atoms with Gasteiger partial charge in [-0.1, -0.05) is 67.2 Å². The molecule has 0 saturated heterocycles. The maximum absolute atomic E-state index is 6.27. The Morgan fingerprint density at radius 2 is 1.75 bits per heavy atom. The average Bonchev–Trinajstić information content (AvgIpc) is 2.52. The lowest BCUT2D eigenvalue weighted by atomic mass is 10.1. The van der Waals surface area contributed by atoms with Crippen molar-refractivity contribution in [1.82, 2.24) is 0 Å². The number of fused-ring (bicyclic) bond motifs is 1. The molecule has 0 aromatic heterocycles. The third kappa shape index (κ3) is 2.76. The maximum Gasteiger partial charge on any atom is 0.273 e. The Labute approximate surface area is 122 Å². The van der Waals surface area contributed by atoms with E-state index >= 15 is 0 Å². The second-order valence-corrected chi connectivity index (χ2v) is 8.16. The van der Waals surface area contributed by atoms with Crippen molar-refractivity contribution in [3.8, 4) is 0 Å². The van der Waals surface area contributed by atoms with E-state index in [-0.39, 0.29) is 0 Å². The van der Waals surface area contributed by atoms with Crippen molar-refractivity contribution < 1.29 is 4.43 Å². The van der Waals surface area contributed by atoms with Crippen LogP contribution in [-0.4, -0.2) is 14.9 Å². The summed E-state index contributed by atoms with van der Waals surface area (Å²) in [5.74, 6) is 0. The first-order valence-corrected chi connectivity index (χ1v) is 9.23. The van der Waals surface area contributed by atoms with E-state index in [2.05, 4.69) is 62.5 Å². The smallest absolute Gasteiger partial charge is 0.273 e. The minimum Gasteiger partial charge on any atom is -0.405 e. The summed E-state index contributed by atoms with van der Waals surface area (Å²) in [6.45, 7) is 11.0. The topological polar surface area (TPSA) is 9.23 Å². The molecular formula is C18H22OSi. The second kappa shape index (κ2) is 6.68. The van der Waals surface area contributed by atoms with Crippen LogP contribution >= 0.6 is 0 Å². The van der Waals surface area contributed by atoms with Gasteiger partial charge in [0.15, 0.2) is 0 Å². The highest BCUT2D eigenvalue weighted by Gasteiger charge is 2.32. The normalized spacial score (nSPS) is 11.4. The van der Waals surface area contributed by atoms with Gasteiger partial charge in [0.25, 0.3) is 8.32 Å². The maximum atomic E-state index is 6.27. The van der Waals surface area contributed by atoms with Gasteiger partial charge < -0.3 is 4.43 Å². The van der Waals surface area contributed by atoms with Crippen LogP contribution in [-0.2, 0) is 4.43 Å². The first kappa shape index (κ1) is 14.8. The van der Waals surface area contributed by atoms with Crippen molar-refractivity contribution in [3.05, 3.63) is 67.0 Å². The molecule has 0 radical (unpaired) electrons. The summed E-state index contributed by atoms with van der Waals surface area (Å²) < 4.78 is 6.27. The van der Waals surface area contributed by atoms with E-state index in [1.54, 1.807) is 0 Å². The first-order valence-electron chi connectivity index (χ1n) is 7.17. The highest BCUT2D eigenvalue weighted by atomic mass is 28.4. The highest BCUT2D eigenvalue weighted by molar-refractivity contribution is 6.96. The van der Waals surface area contributed by atoms with Crippen molar-refractivity contribution >= 4 is 24.3 Å². The lowest BCUT2D eigenvalue weighted by molar-refractivity contribution is 0.313. The van der Waals surface area contributed by atoms with Crippen molar-refractivity contribution in [2.75, 3.05) is 6.61 Å². The summed E-state index contributed by atoms with van der Waals surface area (Å²) in [5.41, 5.74) is 3.97. The van der Waals surface area contributed by atoms with E-state index < -0.39 is 8.32 Å². The molecule has 2 aromatic carbocycles. The largest absolute Gasteiger partial charge is 0.405 e. The zero-order valence-corrected chi connectivity index (χ0v) is 13.1. The second-order valence-electron chi connectivity index (χ2n) is 4.93. The molecule has 0 heterocycles. The van der Waals surface area contributed by atoms with Gasteiger partial charge in [-0.05, 0) is 22.4 Å². The van der Waals surface area contributed by atoms with Gasteiger partial charge in [-0.3, -0.25) is 0 Å². The van der Waals surface area contributed by atoms with E-state index in [4.69, 9.17) is 4.43 Å². The van der Waals surface area contributed by atoms with Crippen LogP contribution in [0.15, 0.2) is 67.0 Å². The van der Waals surface area contributed by atoms with Crippen LogP contribution in [0.4, 0.5) is 0 Å². The number of rotatable bonds is 7. The van der Waals surface area contributed by atoms with Gasteiger partial charge in [-0.2, -0.15) is 0 Å². The number of hydrogen-bond donors (Lipinski definition) is 0. The van der Waals surface area contributed by atoms with Crippen LogP contribution in [0.3, 0.4) is 0 Å². The molecule has 0 fully saturated rings. The number of unbranched alkanes of at least 4 members (excludes halogenated alkanes) is 1. The van der Waals surface area contributed by atoms with Gasteiger partial charge in [0.1, 0.15) is 0 Å². The molecule has 0 amide bonds. The van der Waals surface area contributed by atoms with Gasteiger partial charge >= 0.3 is 0 Å². The summed E-state index contributed by atoms with van der Waals surface area (Å²) in [6, 6.07) is 14.8. The molecule has 0 saturated carbocycles. The highest BCUT2D eigenvalue weighted by Crippen LogP contribution is 2.18. The van der Waals surface area contributed by atoms with Crippen molar-refractivity contribution in [2.45, 2.75) is 19.8 Å². The molecule has 0 unspecified atom stereocenters. The van der Waals surface area contributed by atoms with Crippen molar-refractivity contribution in [3.63, 3.8) is 0 Å². The summed E-state index contributed by atoms with van der Waals surface area (Å²) in [5, 5.41) is 3.74. The summed E-state index contributed by atoms with van der Waals surface area (Å²) in [7, 11) is -2.29. The van der Waals surface area contributed by atoms with E-state index in [9.17, 15) is 0 Å². The minimum atomic E-state index is -2.29. The van der Waals surface area contributed by atoms with Gasteiger partial charge in [0, 0.05) is 6.61 Å². The van der Waals surface area contributed by atoms with Gasteiger partial charge in [-0.25, -0.2) is 0 Å². The van der Waals surface area contributed by atoms with Crippen molar-refractivity contribution in [2.24, 2.45) is 0 Å². The quantitative estimate of drug-likeness (QED) is 0.544. The summed E-state index contributed by atoms with van der Waals surface area (Å²) in [6.07, 6.45) is 2.20. The Kier molecular flexibility index (Phi) is 4.93. The summed E-state index contributed by atoms with van der Waals surface area (Å²) >= 11 is 0. The molecule has 0 N–H and O–H groups in total. The van der Waals surface area contributed by atoms with Crippen LogP contribution in [0, 0.1) is 0 Å². The molecule has 0 atom stereocenters. The zero-order valence-electron chi connectivity index (χ0n) is 12.1. The van der Waals surface area contributed by atoms with Gasteiger partial charge in [-0.15, -0.1) is 13.2 Å². The molecule has 0 bridgehead atoms. The van der Waals surface area contributed by atoms with Crippen LogP contribution in [0.5, 0.6) is 0 Å². The molecule has 104 valence electrons. The molecule has 2 aromatic rings. The zero-order chi connectivity index (χ0) is 14.4. The average molecular weight is 282 g/mol. The third-order valence-electron chi connectivity index (χ3n) is 3.66. The predicted octanol–water partition coefficient (Wildman–Crippen LogP) is 4.26. The van der Waals surface area contributed by atoms with Crippen molar-refractivity contribution in [1.29, 1.82) is 0 Å². The standard InChI is InChI=1S/C18H22OSi/c1-4-7-15-19-20(5-2,6-3)18-14-10-12-16-11-8-9-13-17(16)18/h5-6,8-14H,2-4,7,15H2,1H3. The fraction of sp³-hybridized carbons (Fsp3) is 0.222. The SMILES string of the molecule is C=C[Si](C=C)(OCCCC)c1cccc2ccccc12. The molecule has 0 aliphatic rings. The third-order valence-corrected chi connectivity index (χ3v) is 6.83. The minimum absolute atomic E-state index is 0.768. The molecule has 1 nitrogen and oxygen atoms in total. The Balaban J connectivity index is 2.51. The molecule has 20 heavy (non-hydrogen) atoms. The Bertz CT molecular complexity index is 590. The van der Waals surface area contributed by atoms with Gasteiger partial charge in [0.2, 0.25) is 0 Å². The van der Waals surface area contributed by atoms with E-state index in [0.29, 0.717) is 0 Å². The molecule has 2 rings (SSSR count). The summed E-state index contributed by atoms with van der Waals surface area (Å²) in [4.78, 5) is 0. The molecular weight excluding hydrogens is 260 g/mol. The van der Waals surface area contributed by atoms with E-state index in [0.717, 1.165) is 19.4 Å². The predicted molar refractivity (Wildman–Crippen MR) is 90.6 cm³/mol. The molecule has 0 aliphatic carbocycles. The van der Waals surface area contributed by atoms with Crippen LogP contribution in [0.1, 0.15) is 19.8 Å². The fourth-order valence-corrected chi connectivity index (χ4v) is 4.94.